The molecule has 1 heterocycles. The maximum atomic E-state index is 12.7. The molecule has 0 saturated carbocycles. The SMILES string of the molecule is O=C(c1ccc(-c2ccc(S(=O)(=O)O)cc2)cc1)c1ccc(-n2ccnc2)cc1. The van der Waals surface area contributed by atoms with Gasteiger partial charge in [-0.2, -0.15) is 8.42 Å². The van der Waals surface area contributed by atoms with Gasteiger partial charge in [-0.15, -0.1) is 0 Å². The lowest BCUT2D eigenvalue weighted by atomic mass is 9.99. The Hall–Kier alpha value is -3.55. The fourth-order valence-electron chi connectivity index (χ4n) is 3.00. The van der Waals surface area contributed by atoms with Crippen molar-refractivity contribution < 1.29 is 17.8 Å². The minimum Gasteiger partial charge on any atom is -0.306 e. The molecule has 3 aromatic carbocycles. The lowest BCUT2D eigenvalue weighted by Gasteiger charge is -2.07. The van der Waals surface area contributed by atoms with Crippen molar-refractivity contribution in [3.63, 3.8) is 0 Å². The van der Waals surface area contributed by atoms with Crippen LogP contribution in [-0.2, 0) is 10.1 Å². The predicted molar refractivity (Wildman–Crippen MR) is 109 cm³/mol. The Morgan fingerprint density at radius 2 is 1.31 bits per heavy atom. The normalized spacial score (nSPS) is 11.3. The number of ketones is 1. The number of rotatable bonds is 5. The minimum atomic E-state index is -4.22. The van der Waals surface area contributed by atoms with Crippen molar-refractivity contribution in [2.24, 2.45) is 0 Å². The highest BCUT2D eigenvalue weighted by Crippen LogP contribution is 2.23. The summed E-state index contributed by atoms with van der Waals surface area (Å²) in [5.74, 6) is -0.0875. The van der Waals surface area contributed by atoms with E-state index in [0.29, 0.717) is 11.1 Å². The van der Waals surface area contributed by atoms with E-state index in [1.165, 1.54) is 12.1 Å². The molecule has 0 aliphatic carbocycles. The molecule has 0 spiro atoms. The molecule has 0 radical (unpaired) electrons. The molecule has 4 aromatic rings. The number of carbonyl (C=O) groups is 1. The van der Waals surface area contributed by atoms with Gasteiger partial charge in [0.25, 0.3) is 10.1 Å². The van der Waals surface area contributed by atoms with Crippen molar-refractivity contribution in [1.82, 2.24) is 9.55 Å². The van der Waals surface area contributed by atoms with E-state index in [4.69, 9.17) is 4.55 Å². The van der Waals surface area contributed by atoms with Crippen LogP contribution < -0.4 is 0 Å². The number of nitrogens with zero attached hydrogens (tertiary/aromatic N) is 2. The van der Waals surface area contributed by atoms with Crippen molar-refractivity contribution in [2.75, 3.05) is 0 Å². The van der Waals surface area contributed by atoms with Gasteiger partial charge in [0.05, 0.1) is 11.2 Å². The Balaban J connectivity index is 1.53. The first-order chi connectivity index (χ1) is 13.9. The molecule has 144 valence electrons. The first kappa shape index (κ1) is 18.8. The maximum absolute atomic E-state index is 12.7. The topological polar surface area (TPSA) is 89.3 Å². The van der Waals surface area contributed by atoms with Crippen LogP contribution in [0.3, 0.4) is 0 Å². The van der Waals surface area contributed by atoms with Crippen LogP contribution in [0.5, 0.6) is 0 Å². The van der Waals surface area contributed by atoms with Crippen LogP contribution in [0, 0.1) is 0 Å². The van der Waals surface area contributed by atoms with Crippen molar-refractivity contribution in [3.05, 3.63) is 103 Å². The van der Waals surface area contributed by atoms with E-state index in [2.05, 4.69) is 4.98 Å². The molecule has 0 saturated heterocycles. The molecule has 6 nitrogen and oxygen atoms in total. The van der Waals surface area contributed by atoms with Crippen LogP contribution in [0.1, 0.15) is 15.9 Å². The number of carbonyl (C=O) groups excluding carboxylic acids is 1. The quantitative estimate of drug-likeness (QED) is 0.401. The highest BCUT2D eigenvalue weighted by Gasteiger charge is 2.11. The van der Waals surface area contributed by atoms with Gasteiger partial charge in [-0.25, -0.2) is 4.98 Å². The summed E-state index contributed by atoms with van der Waals surface area (Å²) >= 11 is 0. The van der Waals surface area contributed by atoms with Gasteiger partial charge >= 0.3 is 0 Å². The largest absolute Gasteiger partial charge is 0.306 e. The lowest BCUT2D eigenvalue weighted by Crippen LogP contribution is -2.01. The van der Waals surface area contributed by atoms with Crippen LogP contribution >= 0.6 is 0 Å². The summed E-state index contributed by atoms with van der Waals surface area (Å²) in [4.78, 5) is 16.6. The summed E-state index contributed by atoms with van der Waals surface area (Å²) in [5, 5.41) is 0. The van der Waals surface area contributed by atoms with Gasteiger partial charge in [0.2, 0.25) is 0 Å². The Morgan fingerprint density at radius 3 is 1.79 bits per heavy atom. The third kappa shape index (κ3) is 4.01. The molecular formula is C22H16N2O4S. The number of hydrogen-bond donors (Lipinski definition) is 1. The zero-order valence-electron chi connectivity index (χ0n) is 15.1. The van der Waals surface area contributed by atoms with E-state index in [-0.39, 0.29) is 10.7 Å². The molecule has 1 N–H and O–H groups in total. The molecule has 0 bridgehead atoms. The second-order valence-electron chi connectivity index (χ2n) is 6.42. The van der Waals surface area contributed by atoms with E-state index in [0.717, 1.165) is 16.8 Å². The molecule has 4 rings (SSSR count). The lowest BCUT2D eigenvalue weighted by molar-refractivity contribution is 0.103. The third-order valence-corrected chi connectivity index (χ3v) is 5.43. The van der Waals surface area contributed by atoms with Gasteiger partial charge in [-0.1, -0.05) is 36.4 Å². The predicted octanol–water partition coefficient (Wildman–Crippen LogP) is 4.02. The molecule has 1 aromatic heterocycles. The number of imidazole rings is 1. The van der Waals surface area contributed by atoms with Crippen molar-refractivity contribution in [3.8, 4) is 16.8 Å². The Labute approximate surface area is 167 Å². The van der Waals surface area contributed by atoms with E-state index in [1.54, 1.807) is 61.1 Å². The van der Waals surface area contributed by atoms with Crippen LogP contribution in [0.15, 0.2) is 96.4 Å². The summed E-state index contributed by atoms with van der Waals surface area (Å²) < 4.78 is 33.2. The van der Waals surface area contributed by atoms with E-state index in [9.17, 15) is 13.2 Å². The van der Waals surface area contributed by atoms with Crippen molar-refractivity contribution in [2.45, 2.75) is 4.90 Å². The standard InChI is InChI=1S/C22H16N2O4S/c25-22(19-5-9-20(10-6-19)24-14-13-23-15-24)18-3-1-16(2-4-18)17-7-11-21(12-8-17)29(26,27)28/h1-15H,(H,26,27,28). The highest BCUT2D eigenvalue weighted by atomic mass is 32.2. The number of benzene rings is 3. The maximum Gasteiger partial charge on any atom is 0.294 e. The Morgan fingerprint density at radius 1 is 0.793 bits per heavy atom. The van der Waals surface area contributed by atoms with Gasteiger partial charge in [-0.3, -0.25) is 9.35 Å². The zero-order chi connectivity index (χ0) is 20.4. The van der Waals surface area contributed by atoms with Crippen molar-refractivity contribution in [1.29, 1.82) is 0 Å². The number of hydrogen-bond acceptors (Lipinski definition) is 4. The fraction of sp³-hybridized carbons (Fsp3) is 0. The second-order valence-corrected chi connectivity index (χ2v) is 7.84. The van der Waals surface area contributed by atoms with Crippen LogP contribution in [-0.4, -0.2) is 28.3 Å². The molecule has 0 aliphatic heterocycles. The zero-order valence-corrected chi connectivity index (χ0v) is 16.0. The molecule has 0 amide bonds. The second kappa shape index (κ2) is 7.46. The summed E-state index contributed by atoms with van der Waals surface area (Å²) in [7, 11) is -4.22. The first-order valence-electron chi connectivity index (χ1n) is 8.73. The fourth-order valence-corrected chi connectivity index (χ4v) is 3.48. The summed E-state index contributed by atoms with van der Waals surface area (Å²) in [6.07, 6.45) is 5.22. The van der Waals surface area contributed by atoms with Gasteiger partial charge in [-0.05, 0) is 47.5 Å². The Bertz CT molecular complexity index is 1240. The van der Waals surface area contributed by atoms with Gasteiger partial charge in [0.1, 0.15) is 0 Å². The van der Waals surface area contributed by atoms with Crippen LogP contribution in [0.25, 0.3) is 16.8 Å². The molecule has 0 aliphatic rings. The smallest absolute Gasteiger partial charge is 0.294 e. The van der Waals surface area contributed by atoms with E-state index in [1.807, 2.05) is 22.9 Å². The van der Waals surface area contributed by atoms with Crippen LogP contribution in [0.2, 0.25) is 0 Å². The monoisotopic (exact) mass is 404 g/mol. The van der Waals surface area contributed by atoms with E-state index < -0.39 is 10.1 Å². The molecule has 0 unspecified atom stereocenters. The Kier molecular flexibility index (Phi) is 4.84. The van der Waals surface area contributed by atoms with E-state index >= 15 is 0 Å². The highest BCUT2D eigenvalue weighted by molar-refractivity contribution is 7.85. The summed E-state index contributed by atoms with van der Waals surface area (Å²) in [6, 6.07) is 20.2. The molecular weight excluding hydrogens is 388 g/mol. The van der Waals surface area contributed by atoms with Crippen LogP contribution in [0.4, 0.5) is 0 Å². The van der Waals surface area contributed by atoms with Crippen molar-refractivity contribution >= 4 is 15.9 Å². The summed E-state index contributed by atoms with van der Waals surface area (Å²) in [6.45, 7) is 0. The van der Waals surface area contributed by atoms with Gasteiger partial charge in [0, 0.05) is 29.2 Å². The van der Waals surface area contributed by atoms with Gasteiger partial charge < -0.3 is 4.57 Å². The molecule has 0 atom stereocenters. The average Bonchev–Trinajstić information content (AvgIpc) is 3.28. The molecule has 29 heavy (non-hydrogen) atoms. The third-order valence-electron chi connectivity index (χ3n) is 4.56. The number of aromatic nitrogens is 2. The average molecular weight is 404 g/mol. The molecule has 0 fully saturated rings. The minimum absolute atomic E-state index is 0.0875. The summed E-state index contributed by atoms with van der Waals surface area (Å²) in [5.41, 5.74) is 3.67. The first-order valence-corrected chi connectivity index (χ1v) is 10.2. The molecule has 7 heteroatoms. The van der Waals surface area contributed by atoms with Gasteiger partial charge in [0.15, 0.2) is 5.78 Å².